The summed E-state index contributed by atoms with van der Waals surface area (Å²) in [5.41, 5.74) is 5.53. The smallest absolute Gasteiger partial charge is 0.326 e. The van der Waals surface area contributed by atoms with Gasteiger partial charge < -0.3 is 26.8 Å². The third-order valence-electron chi connectivity index (χ3n) is 3.80. The molecule has 0 saturated heterocycles. The van der Waals surface area contributed by atoms with Crippen LogP contribution in [0.2, 0.25) is 0 Å². The first-order valence-electron chi connectivity index (χ1n) is 8.91. The average Bonchev–Trinajstić information content (AvgIpc) is 2.54. The van der Waals surface area contributed by atoms with E-state index >= 15 is 0 Å². The van der Waals surface area contributed by atoms with Gasteiger partial charge in [-0.3, -0.25) is 14.4 Å². The molecule has 0 aliphatic heterocycles. The Bertz CT molecular complexity index is 539. The molecule has 0 rings (SSSR count). The van der Waals surface area contributed by atoms with E-state index in [1.807, 2.05) is 13.8 Å². The average molecular weight is 405 g/mol. The highest BCUT2D eigenvalue weighted by atomic mass is 32.1. The van der Waals surface area contributed by atoms with Crippen molar-refractivity contribution in [3.05, 3.63) is 0 Å². The second-order valence-corrected chi connectivity index (χ2v) is 7.66. The molecular weight excluding hydrogens is 372 g/mol. The van der Waals surface area contributed by atoms with Crippen LogP contribution in [0.4, 0.5) is 0 Å². The van der Waals surface area contributed by atoms with Crippen molar-refractivity contribution in [1.82, 2.24) is 16.0 Å². The molecule has 0 aromatic rings. The van der Waals surface area contributed by atoms with Crippen molar-refractivity contribution < 1.29 is 24.3 Å². The maximum atomic E-state index is 12.6. The molecule has 0 saturated carbocycles. The molecule has 0 radical (unpaired) electrons. The number of rotatable bonds is 11. The van der Waals surface area contributed by atoms with E-state index in [1.165, 1.54) is 6.92 Å². The molecule has 6 N–H and O–H groups in total. The van der Waals surface area contributed by atoms with Crippen molar-refractivity contribution in [2.24, 2.45) is 17.6 Å². The fourth-order valence-electron chi connectivity index (χ4n) is 2.24. The van der Waals surface area contributed by atoms with Gasteiger partial charge in [0.05, 0.1) is 6.04 Å². The maximum absolute atomic E-state index is 12.6. The monoisotopic (exact) mass is 404 g/mol. The molecule has 10 heteroatoms. The number of nitrogens with two attached hydrogens (primary N) is 1. The van der Waals surface area contributed by atoms with Crippen LogP contribution in [-0.4, -0.2) is 58.7 Å². The first-order chi connectivity index (χ1) is 12.4. The van der Waals surface area contributed by atoms with Gasteiger partial charge in [-0.2, -0.15) is 12.6 Å². The zero-order chi connectivity index (χ0) is 21.3. The van der Waals surface area contributed by atoms with Crippen LogP contribution < -0.4 is 21.7 Å². The van der Waals surface area contributed by atoms with Gasteiger partial charge in [0.1, 0.15) is 18.1 Å². The number of aliphatic carboxylic acids is 1. The summed E-state index contributed by atoms with van der Waals surface area (Å²) in [4.78, 5) is 48.0. The van der Waals surface area contributed by atoms with Crippen LogP contribution >= 0.6 is 12.6 Å². The summed E-state index contributed by atoms with van der Waals surface area (Å²) in [5.74, 6) is -3.10. The van der Waals surface area contributed by atoms with Crippen LogP contribution in [0.25, 0.3) is 0 Å². The van der Waals surface area contributed by atoms with Crippen molar-refractivity contribution in [3.8, 4) is 0 Å². The molecule has 3 amide bonds. The van der Waals surface area contributed by atoms with E-state index in [1.54, 1.807) is 13.8 Å². The van der Waals surface area contributed by atoms with E-state index in [9.17, 15) is 24.3 Å². The number of hydrogen-bond acceptors (Lipinski definition) is 6. The standard InChI is InChI=1S/C17H32N4O5S/c1-8(2)6-11(19-14(22)10(5)18)15(23)20-12(7-27)16(24)21-13(9(3)4)17(25)26/h8-13,27H,6-7,18H2,1-5H3,(H,19,22)(H,20,23)(H,21,24)(H,25,26). The van der Waals surface area contributed by atoms with Crippen molar-refractivity contribution in [2.45, 2.75) is 65.2 Å². The third kappa shape index (κ3) is 9.09. The molecule has 0 aliphatic rings. The molecule has 0 aromatic heterocycles. The van der Waals surface area contributed by atoms with E-state index < -0.39 is 47.9 Å². The van der Waals surface area contributed by atoms with E-state index in [4.69, 9.17) is 5.73 Å². The topological polar surface area (TPSA) is 151 Å². The number of carboxylic acids is 1. The Labute approximate surface area is 165 Å². The lowest BCUT2D eigenvalue weighted by Gasteiger charge is -2.25. The van der Waals surface area contributed by atoms with Gasteiger partial charge in [0.25, 0.3) is 0 Å². The molecule has 27 heavy (non-hydrogen) atoms. The highest BCUT2D eigenvalue weighted by Crippen LogP contribution is 2.07. The number of carbonyl (C=O) groups excluding carboxylic acids is 3. The third-order valence-corrected chi connectivity index (χ3v) is 4.16. The molecule has 4 unspecified atom stereocenters. The zero-order valence-corrected chi connectivity index (χ0v) is 17.4. The summed E-state index contributed by atoms with van der Waals surface area (Å²) in [7, 11) is 0. The highest BCUT2D eigenvalue weighted by Gasteiger charge is 2.30. The molecule has 0 heterocycles. The minimum Gasteiger partial charge on any atom is -0.480 e. The normalized spacial score (nSPS) is 15.6. The Morgan fingerprint density at radius 1 is 0.889 bits per heavy atom. The predicted octanol–water partition coefficient (Wildman–Crippen LogP) is -0.495. The summed E-state index contributed by atoms with van der Waals surface area (Å²) in [5, 5.41) is 16.7. The summed E-state index contributed by atoms with van der Waals surface area (Å²) in [6.45, 7) is 8.61. The molecule has 0 aliphatic carbocycles. The summed E-state index contributed by atoms with van der Waals surface area (Å²) in [6.07, 6.45) is 0.356. The van der Waals surface area contributed by atoms with E-state index in [0.29, 0.717) is 6.42 Å². The Morgan fingerprint density at radius 2 is 1.37 bits per heavy atom. The van der Waals surface area contributed by atoms with Gasteiger partial charge in [0, 0.05) is 5.75 Å². The fourth-order valence-corrected chi connectivity index (χ4v) is 2.50. The van der Waals surface area contributed by atoms with Crippen LogP contribution in [0, 0.1) is 11.8 Å². The van der Waals surface area contributed by atoms with Crippen LogP contribution in [0.1, 0.15) is 41.0 Å². The molecule has 9 nitrogen and oxygen atoms in total. The lowest BCUT2D eigenvalue weighted by Crippen LogP contribution is -2.58. The number of thiol groups is 1. The largest absolute Gasteiger partial charge is 0.480 e. The van der Waals surface area contributed by atoms with Gasteiger partial charge in [-0.05, 0) is 25.2 Å². The molecule has 0 aromatic carbocycles. The molecule has 0 fully saturated rings. The molecule has 156 valence electrons. The van der Waals surface area contributed by atoms with Gasteiger partial charge in [-0.25, -0.2) is 4.79 Å². The summed E-state index contributed by atoms with van der Waals surface area (Å²) in [6, 6.07) is -3.76. The number of carbonyl (C=O) groups is 4. The van der Waals surface area contributed by atoms with Crippen molar-refractivity contribution >= 4 is 36.3 Å². The predicted molar refractivity (Wildman–Crippen MR) is 105 cm³/mol. The van der Waals surface area contributed by atoms with E-state index in [0.717, 1.165) is 0 Å². The molecular formula is C17H32N4O5S. The minimum atomic E-state index is -1.16. The van der Waals surface area contributed by atoms with Crippen molar-refractivity contribution in [2.75, 3.05) is 5.75 Å². The molecule has 0 bridgehead atoms. The Balaban J connectivity index is 5.15. The first kappa shape index (κ1) is 25.2. The number of hydrogen-bond donors (Lipinski definition) is 6. The van der Waals surface area contributed by atoms with Gasteiger partial charge in [0.15, 0.2) is 0 Å². The van der Waals surface area contributed by atoms with Gasteiger partial charge in [-0.15, -0.1) is 0 Å². The van der Waals surface area contributed by atoms with Gasteiger partial charge >= 0.3 is 5.97 Å². The second kappa shape index (κ2) is 11.8. The lowest BCUT2D eigenvalue weighted by molar-refractivity contribution is -0.143. The number of nitrogens with one attached hydrogen (secondary N) is 3. The molecule has 4 atom stereocenters. The van der Waals surface area contributed by atoms with Crippen LogP contribution in [0.3, 0.4) is 0 Å². The van der Waals surface area contributed by atoms with Crippen molar-refractivity contribution in [3.63, 3.8) is 0 Å². The quantitative estimate of drug-likeness (QED) is 0.256. The van der Waals surface area contributed by atoms with Crippen LogP contribution in [0.15, 0.2) is 0 Å². The summed E-state index contributed by atoms with van der Waals surface area (Å²) < 4.78 is 0. The zero-order valence-electron chi connectivity index (χ0n) is 16.5. The first-order valence-corrected chi connectivity index (χ1v) is 9.54. The van der Waals surface area contributed by atoms with Crippen LogP contribution in [0.5, 0.6) is 0 Å². The van der Waals surface area contributed by atoms with E-state index in [2.05, 4.69) is 28.6 Å². The molecule has 0 spiro atoms. The minimum absolute atomic E-state index is 0.0301. The van der Waals surface area contributed by atoms with Crippen molar-refractivity contribution in [1.29, 1.82) is 0 Å². The van der Waals surface area contributed by atoms with Gasteiger partial charge in [0.2, 0.25) is 17.7 Å². The Morgan fingerprint density at radius 3 is 1.74 bits per heavy atom. The van der Waals surface area contributed by atoms with Crippen LogP contribution in [-0.2, 0) is 19.2 Å². The Kier molecular flexibility index (Phi) is 11.0. The Hall–Kier alpha value is -1.81. The van der Waals surface area contributed by atoms with E-state index in [-0.39, 0.29) is 17.6 Å². The fraction of sp³-hybridized carbons (Fsp3) is 0.765. The second-order valence-electron chi connectivity index (χ2n) is 7.29. The summed E-state index contributed by atoms with van der Waals surface area (Å²) >= 11 is 4.07. The maximum Gasteiger partial charge on any atom is 0.326 e. The number of amides is 3. The SMILES string of the molecule is CC(C)CC(NC(=O)C(C)N)C(=O)NC(CS)C(=O)NC(C(=O)O)C(C)C. The lowest BCUT2D eigenvalue weighted by atomic mass is 10.0. The number of carboxylic acid groups (broad SMARTS) is 1. The van der Waals surface area contributed by atoms with Gasteiger partial charge in [-0.1, -0.05) is 27.7 Å². The highest BCUT2D eigenvalue weighted by molar-refractivity contribution is 7.80.